The molecule has 0 bridgehead atoms. The number of carbonyl (C=O) groups excluding carboxylic acids is 1. The molecule has 0 aliphatic carbocycles. The Morgan fingerprint density at radius 3 is 2.26 bits per heavy atom. The van der Waals surface area contributed by atoms with Gasteiger partial charge in [0.1, 0.15) is 0 Å². The number of hydrogen-bond donors (Lipinski definition) is 1. The molecule has 0 saturated carbocycles. The number of rotatable bonds is 3. The highest BCUT2D eigenvalue weighted by Gasteiger charge is 2.12. The summed E-state index contributed by atoms with van der Waals surface area (Å²) in [5.74, 6) is 1.10. The predicted molar refractivity (Wildman–Crippen MR) is 92.1 cm³/mol. The van der Waals surface area contributed by atoms with Crippen LogP contribution in [0.4, 0.5) is 11.6 Å². The van der Waals surface area contributed by atoms with E-state index in [1.54, 1.807) is 30.3 Å². The Hall–Kier alpha value is -2.14. The minimum Gasteiger partial charge on any atom is -0.355 e. The standard InChI is InChI=1S/C17H19ClN4O/c18-14-7-5-13(6-8-14)17(23)19-15-9-10-16(21-20-15)22-11-3-1-2-4-12-22/h5-10H,1-4,11-12H2,(H,19,20,23). The van der Waals surface area contributed by atoms with E-state index in [4.69, 9.17) is 11.6 Å². The molecule has 2 aromatic rings. The first kappa shape index (κ1) is 15.7. The van der Waals surface area contributed by atoms with Gasteiger partial charge < -0.3 is 10.2 Å². The summed E-state index contributed by atoms with van der Waals surface area (Å²) < 4.78 is 0. The van der Waals surface area contributed by atoms with Crippen LogP contribution >= 0.6 is 11.6 Å². The number of nitrogens with one attached hydrogen (secondary N) is 1. The molecule has 23 heavy (non-hydrogen) atoms. The highest BCUT2D eigenvalue weighted by atomic mass is 35.5. The van der Waals surface area contributed by atoms with Crippen LogP contribution in [0, 0.1) is 0 Å². The van der Waals surface area contributed by atoms with Gasteiger partial charge in [0.05, 0.1) is 0 Å². The van der Waals surface area contributed by atoms with Gasteiger partial charge in [-0.1, -0.05) is 24.4 Å². The van der Waals surface area contributed by atoms with Crippen molar-refractivity contribution < 1.29 is 4.79 Å². The molecular formula is C17H19ClN4O. The van der Waals surface area contributed by atoms with Gasteiger partial charge in [0.15, 0.2) is 11.6 Å². The van der Waals surface area contributed by atoms with Crippen LogP contribution in [-0.2, 0) is 0 Å². The van der Waals surface area contributed by atoms with Gasteiger partial charge in [-0.25, -0.2) is 0 Å². The van der Waals surface area contributed by atoms with Crippen LogP contribution in [-0.4, -0.2) is 29.2 Å². The zero-order chi connectivity index (χ0) is 16.1. The van der Waals surface area contributed by atoms with Crippen molar-refractivity contribution >= 4 is 29.1 Å². The van der Waals surface area contributed by atoms with Crippen LogP contribution in [0.25, 0.3) is 0 Å². The summed E-state index contributed by atoms with van der Waals surface area (Å²) in [5, 5.41) is 11.7. The summed E-state index contributed by atoms with van der Waals surface area (Å²) in [6.07, 6.45) is 4.94. The van der Waals surface area contributed by atoms with E-state index in [1.807, 2.05) is 6.07 Å². The molecule has 1 aliphatic heterocycles. The summed E-state index contributed by atoms with van der Waals surface area (Å²) in [7, 11) is 0. The van der Waals surface area contributed by atoms with E-state index in [0.717, 1.165) is 18.9 Å². The first-order valence-electron chi connectivity index (χ1n) is 7.88. The number of hydrogen-bond acceptors (Lipinski definition) is 4. The minimum absolute atomic E-state index is 0.224. The third-order valence-electron chi connectivity index (χ3n) is 3.93. The quantitative estimate of drug-likeness (QED) is 0.930. The number of carbonyl (C=O) groups is 1. The van der Waals surface area contributed by atoms with Crippen LogP contribution in [0.15, 0.2) is 36.4 Å². The van der Waals surface area contributed by atoms with Crippen LogP contribution in [0.5, 0.6) is 0 Å². The molecule has 0 radical (unpaired) electrons. The zero-order valence-electron chi connectivity index (χ0n) is 12.8. The lowest BCUT2D eigenvalue weighted by Gasteiger charge is -2.20. The van der Waals surface area contributed by atoms with E-state index < -0.39 is 0 Å². The molecule has 0 unspecified atom stereocenters. The predicted octanol–water partition coefficient (Wildman–Crippen LogP) is 3.76. The average molecular weight is 331 g/mol. The SMILES string of the molecule is O=C(Nc1ccc(N2CCCCCC2)nn1)c1ccc(Cl)cc1. The Morgan fingerprint density at radius 1 is 0.957 bits per heavy atom. The highest BCUT2D eigenvalue weighted by Crippen LogP contribution is 2.18. The summed E-state index contributed by atoms with van der Waals surface area (Å²) in [6, 6.07) is 10.4. The van der Waals surface area contributed by atoms with E-state index in [9.17, 15) is 4.79 Å². The molecule has 1 amide bonds. The van der Waals surface area contributed by atoms with Crippen molar-refractivity contribution in [2.24, 2.45) is 0 Å². The molecule has 1 aromatic heterocycles. The van der Waals surface area contributed by atoms with E-state index in [2.05, 4.69) is 20.4 Å². The maximum atomic E-state index is 12.1. The topological polar surface area (TPSA) is 58.1 Å². The summed E-state index contributed by atoms with van der Waals surface area (Å²) in [6.45, 7) is 2.04. The fourth-order valence-electron chi connectivity index (χ4n) is 2.65. The van der Waals surface area contributed by atoms with E-state index in [-0.39, 0.29) is 5.91 Å². The highest BCUT2D eigenvalue weighted by molar-refractivity contribution is 6.30. The smallest absolute Gasteiger partial charge is 0.256 e. The monoisotopic (exact) mass is 330 g/mol. The Bertz CT molecular complexity index is 649. The lowest BCUT2D eigenvalue weighted by Crippen LogP contribution is -2.25. The summed E-state index contributed by atoms with van der Waals surface area (Å²) >= 11 is 5.82. The number of benzene rings is 1. The van der Waals surface area contributed by atoms with Crippen molar-refractivity contribution in [3.63, 3.8) is 0 Å². The van der Waals surface area contributed by atoms with Crippen LogP contribution in [0.3, 0.4) is 0 Å². The molecule has 2 heterocycles. The number of nitrogens with zero attached hydrogens (tertiary/aromatic N) is 3. The van der Waals surface area contributed by atoms with Crippen LogP contribution < -0.4 is 10.2 Å². The van der Waals surface area contributed by atoms with Crippen molar-refractivity contribution in [1.82, 2.24) is 10.2 Å². The first-order chi connectivity index (χ1) is 11.2. The second-order valence-corrected chi connectivity index (χ2v) is 6.08. The summed E-state index contributed by atoms with van der Waals surface area (Å²) in [4.78, 5) is 14.4. The Balaban J connectivity index is 1.64. The van der Waals surface area contributed by atoms with Gasteiger partial charge in [0, 0.05) is 23.7 Å². The second-order valence-electron chi connectivity index (χ2n) is 5.64. The van der Waals surface area contributed by atoms with Gasteiger partial charge >= 0.3 is 0 Å². The fraction of sp³-hybridized carbons (Fsp3) is 0.353. The van der Waals surface area contributed by atoms with Gasteiger partial charge in [-0.2, -0.15) is 0 Å². The Morgan fingerprint density at radius 2 is 1.65 bits per heavy atom. The number of aromatic nitrogens is 2. The molecular weight excluding hydrogens is 312 g/mol. The van der Waals surface area contributed by atoms with Gasteiger partial charge in [-0.05, 0) is 49.2 Å². The summed E-state index contributed by atoms with van der Waals surface area (Å²) in [5.41, 5.74) is 0.535. The van der Waals surface area contributed by atoms with Crippen LogP contribution in [0.2, 0.25) is 5.02 Å². The maximum absolute atomic E-state index is 12.1. The van der Waals surface area contributed by atoms with Crippen molar-refractivity contribution in [3.05, 3.63) is 47.0 Å². The molecule has 1 fully saturated rings. The molecule has 3 rings (SSSR count). The van der Waals surface area contributed by atoms with Crippen molar-refractivity contribution in [2.45, 2.75) is 25.7 Å². The number of anilines is 2. The molecule has 120 valence electrons. The van der Waals surface area contributed by atoms with E-state index >= 15 is 0 Å². The molecule has 1 N–H and O–H groups in total. The third-order valence-corrected chi connectivity index (χ3v) is 4.18. The second kappa shape index (κ2) is 7.42. The molecule has 6 heteroatoms. The molecule has 1 saturated heterocycles. The maximum Gasteiger partial charge on any atom is 0.256 e. The molecule has 1 aromatic carbocycles. The van der Waals surface area contributed by atoms with Gasteiger partial charge in [-0.3, -0.25) is 4.79 Å². The zero-order valence-corrected chi connectivity index (χ0v) is 13.6. The molecule has 0 atom stereocenters. The minimum atomic E-state index is -0.224. The average Bonchev–Trinajstić information content (AvgIpc) is 2.85. The molecule has 0 spiro atoms. The molecule has 1 aliphatic rings. The lowest BCUT2D eigenvalue weighted by atomic mass is 10.2. The Kier molecular flexibility index (Phi) is 5.08. The normalized spacial score (nSPS) is 15.1. The van der Waals surface area contributed by atoms with Crippen molar-refractivity contribution in [3.8, 4) is 0 Å². The molecule has 5 nitrogen and oxygen atoms in total. The number of halogens is 1. The first-order valence-corrected chi connectivity index (χ1v) is 8.26. The van der Waals surface area contributed by atoms with Gasteiger partial charge in [0.2, 0.25) is 0 Å². The fourth-order valence-corrected chi connectivity index (χ4v) is 2.78. The van der Waals surface area contributed by atoms with Crippen molar-refractivity contribution in [1.29, 1.82) is 0 Å². The van der Waals surface area contributed by atoms with Crippen LogP contribution in [0.1, 0.15) is 36.0 Å². The lowest BCUT2D eigenvalue weighted by molar-refractivity contribution is 0.102. The van der Waals surface area contributed by atoms with Gasteiger partial charge in [-0.15, -0.1) is 10.2 Å². The Labute approximate surface area is 140 Å². The van der Waals surface area contributed by atoms with E-state index in [1.165, 1.54) is 25.7 Å². The third kappa shape index (κ3) is 4.20. The largest absolute Gasteiger partial charge is 0.355 e. The number of amides is 1. The van der Waals surface area contributed by atoms with Gasteiger partial charge in [0.25, 0.3) is 5.91 Å². The van der Waals surface area contributed by atoms with Crippen molar-refractivity contribution in [2.75, 3.05) is 23.3 Å². The van der Waals surface area contributed by atoms with E-state index in [0.29, 0.717) is 16.4 Å².